The Morgan fingerprint density at radius 3 is 2.14 bits per heavy atom. The van der Waals surface area contributed by atoms with E-state index >= 15 is 0 Å². The quantitative estimate of drug-likeness (QED) is 0.490. The molecular weight excluding hydrogens is 256 g/mol. The first kappa shape index (κ1) is 18.2. The number of hydrogen-bond acceptors (Lipinski definition) is 1. The Labute approximate surface area is 131 Å². The first-order valence-corrected chi connectivity index (χ1v) is 8.89. The van der Waals surface area contributed by atoms with Crippen molar-refractivity contribution in [1.29, 1.82) is 0 Å². The molecule has 0 fully saturated rings. The van der Waals surface area contributed by atoms with Gasteiger partial charge in [-0.3, -0.25) is 0 Å². The van der Waals surface area contributed by atoms with Crippen molar-refractivity contribution in [2.24, 2.45) is 0 Å². The van der Waals surface area contributed by atoms with Crippen LogP contribution in [-0.2, 0) is 0 Å². The minimum absolute atomic E-state index is 0.268. The van der Waals surface area contributed by atoms with Crippen LogP contribution in [0.5, 0.6) is 0 Å². The molecule has 1 rings (SSSR count). The van der Waals surface area contributed by atoms with Crippen LogP contribution in [0, 0.1) is 0 Å². The van der Waals surface area contributed by atoms with Gasteiger partial charge in [0, 0.05) is 5.92 Å². The maximum Gasteiger partial charge on any atom is 0.0688 e. The van der Waals surface area contributed by atoms with Crippen LogP contribution in [-0.4, -0.2) is 10.7 Å². The molecule has 0 spiro atoms. The average molecular weight is 290 g/mol. The van der Waals surface area contributed by atoms with Gasteiger partial charge in [0.2, 0.25) is 0 Å². The highest BCUT2D eigenvalue weighted by Gasteiger charge is 2.31. The number of unbranched alkanes of at least 4 members (excludes halogenated alkanes) is 5. The van der Waals surface area contributed by atoms with Gasteiger partial charge in [-0.2, -0.15) is 0 Å². The lowest BCUT2D eigenvalue weighted by molar-refractivity contribution is 0.0158. The molecule has 0 aromatic heterocycles. The highest BCUT2D eigenvalue weighted by Crippen LogP contribution is 2.36. The van der Waals surface area contributed by atoms with E-state index in [2.05, 4.69) is 44.2 Å². The van der Waals surface area contributed by atoms with Gasteiger partial charge in [0.05, 0.1) is 5.60 Å². The topological polar surface area (TPSA) is 20.2 Å². The zero-order chi connectivity index (χ0) is 15.6. The fourth-order valence-corrected chi connectivity index (χ4v) is 3.19. The molecule has 0 amide bonds. The number of aliphatic hydroxyl groups is 1. The van der Waals surface area contributed by atoms with Crippen molar-refractivity contribution in [3.63, 3.8) is 0 Å². The van der Waals surface area contributed by atoms with E-state index in [4.69, 9.17) is 0 Å². The molecule has 0 bridgehead atoms. The smallest absolute Gasteiger partial charge is 0.0688 e. The summed E-state index contributed by atoms with van der Waals surface area (Å²) in [6.07, 6.45) is 10.7. The zero-order valence-corrected chi connectivity index (χ0v) is 14.3. The van der Waals surface area contributed by atoms with E-state index < -0.39 is 5.60 Å². The summed E-state index contributed by atoms with van der Waals surface area (Å²) < 4.78 is 0. The van der Waals surface area contributed by atoms with Crippen molar-refractivity contribution in [2.45, 2.75) is 90.1 Å². The van der Waals surface area contributed by atoms with Crippen LogP contribution in [0.1, 0.15) is 90.0 Å². The lowest BCUT2D eigenvalue weighted by Crippen LogP contribution is -2.33. The lowest BCUT2D eigenvalue weighted by Gasteiger charge is -2.34. The fourth-order valence-electron chi connectivity index (χ4n) is 3.19. The Hall–Kier alpha value is -0.820. The lowest BCUT2D eigenvalue weighted by atomic mass is 9.77. The van der Waals surface area contributed by atoms with Gasteiger partial charge in [0.25, 0.3) is 0 Å². The molecule has 0 aliphatic heterocycles. The van der Waals surface area contributed by atoms with Gasteiger partial charge < -0.3 is 5.11 Å². The molecule has 1 aromatic carbocycles. The minimum atomic E-state index is -0.581. The molecule has 1 aromatic rings. The van der Waals surface area contributed by atoms with Crippen molar-refractivity contribution in [3.8, 4) is 0 Å². The second-order valence-corrected chi connectivity index (χ2v) is 6.63. The van der Waals surface area contributed by atoms with Gasteiger partial charge in [-0.1, -0.05) is 89.1 Å². The van der Waals surface area contributed by atoms with E-state index in [-0.39, 0.29) is 5.92 Å². The molecule has 21 heavy (non-hydrogen) atoms. The highest BCUT2D eigenvalue weighted by atomic mass is 16.3. The molecule has 0 saturated carbocycles. The molecule has 0 aliphatic rings. The molecule has 2 unspecified atom stereocenters. The van der Waals surface area contributed by atoms with E-state index in [1.807, 2.05) is 6.92 Å². The summed E-state index contributed by atoms with van der Waals surface area (Å²) in [5.74, 6) is 0.268. The van der Waals surface area contributed by atoms with Crippen LogP contribution in [0.3, 0.4) is 0 Å². The van der Waals surface area contributed by atoms with E-state index in [0.717, 1.165) is 19.3 Å². The second-order valence-electron chi connectivity index (χ2n) is 6.63. The van der Waals surface area contributed by atoms with Crippen LogP contribution in [0.2, 0.25) is 0 Å². The van der Waals surface area contributed by atoms with Crippen LogP contribution in [0.25, 0.3) is 0 Å². The molecule has 0 radical (unpaired) electrons. The van der Waals surface area contributed by atoms with Crippen LogP contribution in [0.15, 0.2) is 30.3 Å². The van der Waals surface area contributed by atoms with Crippen molar-refractivity contribution in [1.82, 2.24) is 0 Å². The van der Waals surface area contributed by atoms with Gasteiger partial charge >= 0.3 is 0 Å². The summed E-state index contributed by atoms with van der Waals surface area (Å²) in [4.78, 5) is 0. The Morgan fingerprint density at radius 1 is 0.905 bits per heavy atom. The largest absolute Gasteiger partial charge is 0.390 e. The Bertz CT molecular complexity index is 355. The third kappa shape index (κ3) is 6.65. The van der Waals surface area contributed by atoms with Crippen molar-refractivity contribution in [3.05, 3.63) is 35.9 Å². The van der Waals surface area contributed by atoms with Crippen LogP contribution < -0.4 is 0 Å². The van der Waals surface area contributed by atoms with Gasteiger partial charge in [-0.15, -0.1) is 0 Å². The van der Waals surface area contributed by atoms with E-state index in [1.165, 1.54) is 44.1 Å². The first-order chi connectivity index (χ1) is 10.1. The summed E-state index contributed by atoms with van der Waals surface area (Å²) >= 11 is 0. The number of hydrogen-bond donors (Lipinski definition) is 1. The molecule has 2 atom stereocenters. The number of rotatable bonds is 11. The SMILES string of the molecule is CCCCCCCC(C)(O)C(CCCC)c1ccccc1. The van der Waals surface area contributed by atoms with Gasteiger partial charge in [0.1, 0.15) is 0 Å². The third-order valence-electron chi connectivity index (χ3n) is 4.59. The second kappa shape index (κ2) is 10.00. The van der Waals surface area contributed by atoms with Crippen LogP contribution in [0.4, 0.5) is 0 Å². The average Bonchev–Trinajstić information content (AvgIpc) is 2.48. The Balaban J connectivity index is 2.62. The fraction of sp³-hybridized carbons (Fsp3) is 0.700. The maximum absolute atomic E-state index is 11.0. The molecule has 1 nitrogen and oxygen atoms in total. The van der Waals surface area contributed by atoms with Crippen molar-refractivity contribution in [2.75, 3.05) is 0 Å². The predicted octanol–water partition coefficient (Wildman–Crippen LogP) is 6.07. The predicted molar refractivity (Wildman–Crippen MR) is 92.7 cm³/mol. The molecule has 120 valence electrons. The summed E-state index contributed by atoms with van der Waals surface area (Å²) in [6.45, 7) is 6.51. The first-order valence-electron chi connectivity index (χ1n) is 8.89. The van der Waals surface area contributed by atoms with E-state index in [0.29, 0.717) is 0 Å². The van der Waals surface area contributed by atoms with Gasteiger partial charge in [-0.25, -0.2) is 0 Å². The van der Waals surface area contributed by atoms with Gasteiger partial charge in [-0.05, 0) is 25.3 Å². The van der Waals surface area contributed by atoms with Crippen molar-refractivity contribution >= 4 is 0 Å². The summed E-state index contributed by atoms with van der Waals surface area (Å²) in [6, 6.07) is 10.6. The minimum Gasteiger partial charge on any atom is -0.390 e. The van der Waals surface area contributed by atoms with Gasteiger partial charge in [0.15, 0.2) is 0 Å². The third-order valence-corrected chi connectivity index (χ3v) is 4.59. The summed E-state index contributed by atoms with van der Waals surface area (Å²) in [5.41, 5.74) is 0.715. The van der Waals surface area contributed by atoms with Crippen LogP contribution >= 0.6 is 0 Å². The van der Waals surface area contributed by atoms with E-state index in [1.54, 1.807) is 0 Å². The number of benzene rings is 1. The zero-order valence-electron chi connectivity index (χ0n) is 14.3. The van der Waals surface area contributed by atoms with E-state index in [9.17, 15) is 5.11 Å². The molecule has 1 heteroatoms. The summed E-state index contributed by atoms with van der Waals surface area (Å²) in [5, 5.41) is 11.0. The molecule has 0 aliphatic carbocycles. The summed E-state index contributed by atoms with van der Waals surface area (Å²) in [7, 11) is 0. The Morgan fingerprint density at radius 2 is 1.52 bits per heavy atom. The monoisotopic (exact) mass is 290 g/mol. The molecule has 0 heterocycles. The standard InChI is InChI=1S/C20H34O/c1-4-6-8-9-13-17-20(3,21)19(16-7-5-2)18-14-11-10-12-15-18/h10-12,14-15,19,21H,4-9,13,16-17H2,1-3H3. The Kier molecular flexibility index (Phi) is 8.68. The highest BCUT2D eigenvalue weighted by molar-refractivity contribution is 5.22. The maximum atomic E-state index is 11.0. The molecule has 1 N–H and O–H groups in total. The van der Waals surface area contributed by atoms with Crippen molar-refractivity contribution < 1.29 is 5.11 Å². The molecule has 0 saturated heterocycles. The molecular formula is C20H34O. The normalized spacial score (nSPS) is 15.6.